The molecule has 4 heavy (non-hydrogen) atoms. The fraction of sp³-hybridized carbons (Fsp3) is 0. The molecule has 0 heterocycles. The maximum absolute atomic E-state index is 0. The minimum Gasteiger partial charge on any atom is 0 e. The third kappa shape index (κ3) is 8.94. The zero-order valence-corrected chi connectivity index (χ0v) is 4.37. The molecule has 30 valence electrons. The fourth-order valence-electron chi connectivity index (χ4n) is 0. The van der Waals surface area contributed by atoms with Gasteiger partial charge >= 0.3 is 0 Å². The van der Waals surface area contributed by atoms with Crippen molar-refractivity contribution >= 4 is 17.4 Å². The van der Waals surface area contributed by atoms with E-state index in [1.54, 1.807) is 0 Å². The van der Waals surface area contributed by atoms with Gasteiger partial charge in [0.05, 0.1) is 0 Å². The normalized spacial score (nSPS) is 0. The summed E-state index contributed by atoms with van der Waals surface area (Å²) >= 11 is 0. The molecular formula is H3AlFe3. The van der Waals surface area contributed by atoms with Gasteiger partial charge in [-0.05, 0) is 0 Å². The molecule has 0 aromatic heterocycles. The summed E-state index contributed by atoms with van der Waals surface area (Å²) in [6.45, 7) is 0. The first-order valence-electron chi connectivity index (χ1n) is 0. The van der Waals surface area contributed by atoms with Crippen molar-refractivity contribution < 1.29 is 51.2 Å². The Morgan fingerprint density at radius 2 is 0.500 bits per heavy atom. The van der Waals surface area contributed by atoms with E-state index in [4.69, 9.17) is 0 Å². The topological polar surface area (TPSA) is 0 Å². The molecule has 0 aromatic carbocycles. The van der Waals surface area contributed by atoms with Crippen LogP contribution in [0.4, 0.5) is 0 Å². The molecule has 0 radical (unpaired) electrons. The maximum Gasteiger partial charge on any atom is 0.187 e. The van der Waals surface area contributed by atoms with Crippen molar-refractivity contribution in [2.45, 2.75) is 0 Å². The summed E-state index contributed by atoms with van der Waals surface area (Å²) in [5.41, 5.74) is 0. The van der Waals surface area contributed by atoms with E-state index in [2.05, 4.69) is 0 Å². The van der Waals surface area contributed by atoms with E-state index in [0.29, 0.717) is 0 Å². The van der Waals surface area contributed by atoms with E-state index in [9.17, 15) is 0 Å². The number of rotatable bonds is 0. The first-order chi connectivity index (χ1) is 0. The molecule has 0 amide bonds. The summed E-state index contributed by atoms with van der Waals surface area (Å²) in [5, 5.41) is 0. The Morgan fingerprint density at radius 1 is 0.500 bits per heavy atom. The molecule has 0 saturated carbocycles. The quantitative estimate of drug-likeness (QED) is 0.429. The monoisotopic (exact) mass is 198 g/mol. The minimum atomic E-state index is 0. The van der Waals surface area contributed by atoms with Crippen molar-refractivity contribution in [2.24, 2.45) is 0 Å². The molecule has 0 aliphatic heterocycles. The SMILES string of the molecule is [AlH3].[Fe].[Fe].[Fe]. The predicted octanol–water partition coefficient (Wildman–Crippen LogP) is -1.19. The van der Waals surface area contributed by atoms with Gasteiger partial charge in [0.25, 0.3) is 0 Å². The molecule has 0 bridgehead atoms. The molecular weight excluding hydrogens is 195 g/mol. The molecule has 0 aliphatic rings. The summed E-state index contributed by atoms with van der Waals surface area (Å²) in [7, 11) is 0. The van der Waals surface area contributed by atoms with Gasteiger partial charge in [0, 0.05) is 51.2 Å². The summed E-state index contributed by atoms with van der Waals surface area (Å²) in [6.07, 6.45) is 0. The van der Waals surface area contributed by atoms with Crippen LogP contribution < -0.4 is 0 Å². The average molecular weight is 198 g/mol. The van der Waals surface area contributed by atoms with Gasteiger partial charge in [-0.2, -0.15) is 0 Å². The summed E-state index contributed by atoms with van der Waals surface area (Å²) in [4.78, 5) is 0. The number of hydrogen-bond acceptors (Lipinski definition) is 0. The third-order valence-electron chi connectivity index (χ3n) is 0. The maximum atomic E-state index is 0. The van der Waals surface area contributed by atoms with Crippen molar-refractivity contribution in [3.8, 4) is 0 Å². The van der Waals surface area contributed by atoms with Gasteiger partial charge < -0.3 is 0 Å². The van der Waals surface area contributed by atoms with Crippen LogP contribution in [0, 0.1) is 0 Å². The molecule has 0 N–H and O–H groups in total. The van der Waals surface area contributed by atoms with Crippen LogP contribution >= 0.6 is 0 Å². The smallest absolute Gasteiger partial charge is 0 e. The largest absolute Gasteiger partial charge is 0.187 e. The summed E-state index contributed by atoms with van der Waals surface area (Å²) in [6, 6.07) is 0. The fourth-order valence-corrected chi connectivity index (χ4v) is 0. The standard InChI is InChI=1S/Al.3Fe.3H. The number of hydrogen-bond donors (Lipinski definition) is 0. The van der Waals surface area contributed by atoms with E-state index in [0.717, 1.165) is 0 Å². The van der Waals surface area contributed by atoms with Gasteiger partial charge in [0.1, 0.15) is 0 Å². The van der Waals surface area contributed by atoms with Gasteiger partial charge in [-0.3, -0.25) is 0 Å². The van der Waals surface area contributed by atoms with Crippen molar-refractivity contribution in [1.82, 2.24) is 0 Å². The molecule has 4 heteroatoms. The van der Waals surface area contributed by atoms with E-state index in [1.165, 1.54) is 0 Å². The Kier molecular flexibility index (Phi) is 176. The molecule has 0 aromatic rings. The molecule has 0 nitrogen and oxygen atoms in total. The van der Waals surface area contributed by atoms with Gasteiger partial charge in [-0.1, -0.05) is 0 Å². The van der Waals surface area contributed by atoms with E-state index in [1.807, 2.05) is 0 Å². The first kappa shape index (κ1) is 36.1. The van der Waals surface area contributed by atoms with Gasteiger partial charge in [-0.25, -0.2) is 0 Å². The van der Waals surface area contributed by atoms with Crippen molar-refractivity contribution in [1.29, 1.82) is 0 Å². The van der Waals surface area contributed by atoms with Crippen LogP contribution in [0.2, 0.25) is 0 Å². The average Bonchev–Trinajstić information content (AvgIpc) is 0. The van der Waals surface area contributed by atoms with E-state index in [-0.39, 0.29) is 68.6 Å². The second-order valence-electron chi connectivity index (χ2n) is 0. The Morgan fingerprint density at radius 3 is 0.500 bits per heavy atom. The summed E-state index contributed by atoms with van der Waals surface area (Å²) in [5.74, 6) is 0. The Hall–Kier alpha value is 2.09. The molecule has 0 fully saturated rings. The van der Waals surface area contributed by atoms with Crippen LogP contribution in [-0.4, -0.2) is 17.4 Å². The zero-order chi connectivity index (χ0) is 0. The second-order valence-corrected chi connectivity index (χ2v) is 0. The molecule has 0 unspecified atom stereocenters. The molecule has 0 aliphatic carbocycles. The summed E-state index contributed by atoms with van der Waals surface area (Å²) < 4.78 is 0. The molecule has 0 spiro atoms. The van der Waals surface area contributed by atoms with Crippen LogP contribution in [0.3, 0.4) is 0 Å². The van der Waals surface area contributed by atoms with Crippen molar-refractivity contribution in [2.75, 3.05) is 0 Å². The van der Waals surface area contributed by atoms with E-state index < -0.39 is 0 Å². The van der Waals surface area contributed by atoms with E-state index >= 15 is 0 Å². The van der Waals surface area contributed by atoms with Gasteiger partial charge in [0.2, 0.25) is 0 Å². The van der Waals surface area contributed by atoms with Crippen molar-refractivity contribution in [3.63, 3.8) is 0 Å². The Bertz CT molecular complexity index is 3.25. The van der Waals surface area contributed by atoms with Gasteiger partial charge in [-0.15, -0.1) is 0 Å². The molecule has 0 atom stereocenters. The minimum absolute atomic E-state index is 0. The van der Waals surface area contributed by atoms with Crippen LogP contribution in [0.25, 0.3) is 0 Å². The molecule has 0 saturated heterocycles. The van der Waals surface area contributed by atoms with Crippen LogP contribution in [0.15, 0.2) is 0 Å². The van der Waals surface area contributed by atoms with Gasteiger partial charge in [0.15, 0.2) is 17.4 Å². The molecule has 0 rings (SSSR count). The van der Waals surface area contributed by atoms with Crippen LogP contribution in [0.5, 0.6) is 0 Å². The second kappa shape index (κ2) is 19.5. The Balaban J connectivity index is 0. The van der Waals surface area contributed by atoms with Crippen LogP contribution in [0.1, 0.15) is 0 Å². The van der Waals surface area contributed by atoms with Crippen molar-refractivity contribution in [3.05, 3.63) is 0 Å². The Labute approximate surface area is 68.0 Å². The predicted molar refractivity (Wildman–Crippen MR) is 9.94 cm³/mol. The zero-order valence-electron chi connectivity index (χ0n) is 1.06. The van der Waals surface area contributed by atoms with Crippen LogP contribution in [-0.2, 0) is 51.2 Å². The first-order valence-corrected chi connectivity index (χ1v) is 0. The third-order valence-corrected chi connectivity index (χ3v) is 0.